The summed E-state index contributed by atoms with van der Waals surface area (Å²) in [5.41, 5.74) is 0. The van der Waals surface area contributed by atoms with Crippen LogP contribution in [0.5, 0.6) is 0 Å². The molecule has 5 fully saturated rings. The lowest BCUT2D eigenvalue weighted by Crippen LogP contribution is -2.68. The van der Waals surface area contributed by atoms with Crippen molar-refractivity contribution in [3.63, 3.8) is 0 Å². The van der Waals surface area contributed by atoms with Crippen molar-refractivity contribution in [2.75, 3.05) is 13.2 Å². The van der Waals surface area contributed by atoms with Gasteiger partial charge in [0.15, 0.2) is 31.5 Å². The number of ether oxygens (including phenoxy) is 9. The monoisotopic (exact) mass is 780 g/mol. The number of hydrogen-bond acceptors (Lipinski definition) is 23. The van der Waals surface area contributed by atoms with Gasteiger partial charge in [-0.1, -0.05) is 0 Å². The van der Waals surface area contributed by atoms with Gasteiger partial charge >= 0.3 is 0 Å². The molecule has 0 aliphatic carbocycles. The molecule has 5 aliphatic rings. The summed E-state index contributed by atoms with van der Waals surface area (Å²) in [5, 5.41) is 147. The minimum Gasteiger partial charge on any atom is -0.394 e. The van der Waals surface area contributed by atoms with Gasteiger partial charge in [0.25, 0.3) is 0 Å². The first-order valence-corrected chi connectivity index (χ1v) is 17.2. The van der Waals surface area contributed by atoms with Gasteiger partial charge in [-0.2, -0.15) is 0 Å². The zero-order valence-electron chi connectivity index (χ0n) is 28.8. The highest BCUT2D eigenvalue weighted by molar-refractivity contribution is 4.98. The van der Waals surface area contributed by atoms with Crippen LogP contribution in [0.4, 0.5) is 0 Å². The van der Waals surface area contributed by atoms with Crippen molar-refractivity contribution in [3.05, 3.63) is 0 Å². The molecule has 0 aromatic rings. The van der Waals surface area contributed by atoms with Gasteiger partial charge in [0.05, 0.1) is 31.5 Å². The van der Waals surface area contributed by atoms with E-state index in [0.29, 0.717) is 0 Å². The van der Waals surface area contributed by atoms with Crippen LogP contribution in [-0.4, -0.2) is 238 Å². The Morgan fingerprint density at radius 2 is 0.755 bits per heavy atom. The Kier molecular flexibility index (Phi) is 14.4. The van der Waals surface area contributed by atoms with Crippen LogP contribution in [0, 0.1) is 0 Å². The summed E-state index contributed by atoms with van der Waals surface area (Å²) in [6.07, 6.45) is -42.5. The van der Waals surface area contributed by atoms with Crippen molar-refractivity contribution in [2.24, 2.45) is 0 Å². The molecule has 0 aromatic heterocycles. The highest BCUT2D eigenvalue weighted by Crippen LogP contribution is 2.36. The zero-order valence-corrected chi connectivity index (χ0v) is 28.8. The number of aliphatic hydroxyl groups excluding tert-OH is 14. The second-order valence-corrected chi connectivity index (χ2v) is 13.9. The normalized spacial score (nSPS) is 55.5. The summed E-state index contributed by atoms with van der Waals surface area (Å²) < 4.78 is 51.0. The van der Waals surface area contributed by atoms with Gasteiger partial charge < -0.3 is 114 Å². The van der Waals surface area contributed by atoms with Gasteiger partial charge in [-0.05, 0) is 20.8 Å². The Hall–Kier alpha value is -0.920. The fourth-order valence-electron chi connectivity index (χ4n) is 6.85. The lowest BCUT2D eigenvalue weighted by molar-refractivity contribution is -0.405. The molecule has 0 spiro atoms. The Labute approximate surface area is 301 Å². The largest absolute Gasteiger partial charge is 0.394 e. The molecular formula is C30H52O23. The van der Waals surface area contributed by atoms with Crippen molar-refractivity contribution in [1.82, 2.24) is 0 Å². The van der Waals surface area contributed by atoms with E-state index in [9.17, 15) is 71.5 Å². The van der Waals surface area contributed by atoms with Gasteiger partial charge in [0, 0.05) is 0 Å². The lowest BCUT2D eigenvalue weighted by Gasteiger charge is -2.50. The number of hydrogen-bond donors (Lipinski definition) is 14. The number of rotatable bonds is 10. The molecule has 23 heteroatoms. The molecule has 0 saturated carbocycles. The van der Waals surface area contributed by atoms with E-state index < -0.39 is 167 Å². The Morgan fingerprint density at radius 1 is 0.340 bits per heavy atom. The third-order valence-electron chi connectivity index (χ3n) is 10.2. The fourth-order valence-corrected chi connectivity index (χ4v) is 6.85. The maximum Gasteiger partial charge on any atom is 0.187 e. The van der Waals surface area contributed by atoms with Gasteiger partial charge in [0.1, 0.15) is 104 Å². The standard InChI is InChI=1S/C30H52O23/c1-6-11(33)15(37)18(40)27(45-6)52-24-17(39)13(35)9(4-31)49-30(24)50-22-8(3)47-29(51-23-14(36)10(5-32)48-26(44)21(23)43)25(20(22)42)53-28-19(41)16(38)12(34)7(2)46-28/h6-44H,4-5H2,1-3H3/t6-,7-,8-,9-,10-,11+,12-,13-,14-,15+,16+,17+,18-,19-,20+,21-,22-,23+,24-,25-,26-,27+,28+,29+,30+/m1/s1. The highest BCUT2D eigenvalue weighted by atomic mass is 16.8. The third-order valence-corrected chi connectivity index (χ3v) is 10.2. The minimum atomic E-state index is -1.96. The molecule has 5 heterocycles. The van der Waals surface area contributed by atoms with Crippen LogP contribution in [0.2, 0.25) is 0 Å². The van der Waals surface area contributed by atoms with Crippen LogP contribution in [-0.2, 0) is 42.6 Å². The van der Waals surface area contributed by atoms with E-state index in [0.717, 1.165) is 0 Å². The summed E-state index contributed by atoms with van der Waals surface area (Å²) in [5.74, 6) is 0. The quantitative estimate of drug-likeness (QED) is 0.0978. The molecular weight excluding hydrogens is 728 g/mol. The predicted molar refractivity (Wildman–Crippen MR) is 162 cm³/mol. The first-order chi connectivity index (χ1) is 24.9. The fraction of sp³-hybridized carbons (Fsp3) is 1.00. The molecule has 53 heavy (non-hydrogen) atoms. The van der Waals surface area contributed by atoms with Crippen LogP contribution in [0.25, 0.3) is 0 Å². The van der Waals surface area contributed by atoms with E-state index in [2.05, 4.69) is 0 Å². The third kappa shape index (κ3) is 8.68. The second kappa shape index (κ2) is 17.7. The zero-order chi connectivity index (χ0) is 39.2. The molecule has 0 radical (unpaired) electrons. The van der Waals surface area contributed by atoms with E-state index in [1.165, 1.54) is 20.8 Å². The van der Waals surface area contributed by atoms with E-state index >= 15 is 0 Å². The van der Waals surface area contributed by atoms with E-state index in [-0.39, 0.29) is 0 Å². The summed E-state index contributed by atoms with van der Waals surface area (Å²) in [4.78, 5) is 0. The molecule has 5 saturated heterocycles. The lowest BCUT2D eigenvalue weighted by atomic mass is 9.95. The van der Waals surface area contributed by atoms with Crippen LogP contribution in [0.1, 0.15) is 20.8 Å². The minimum absolute atomic E-state index is 0.813. The summed E-state index contributed by atoms with van der Waals surface area (Å²) in [7, 11) is 0. The first-order valence-electron chi connectivity index (χ1n) is 17.2. The van der Waals surface area contributed by atoms with Crippen LogP contribution in [0.3, 0.4) is 0 Å². The number of aliphatic hydroxyl groups is 14. The second-order valence-electron chi connectivity index (χ2n) is 13.9. The average molecular weight is 781 g/mol. The van der Waals surface area contributed by atoms with Crippen LogP contribution in [0.15, 0.2) is 0 Å². The van der Waals surface area contributed by atoms with Gasteiger partial charge in [-0.3, -0.25) is 0 Å². The Bertz CT molecular complexity index is 1160. The highest BCUT2D eigenvalue weighted by Gasteiger charge is 2.56. The van der Waals surface area contributed by atoms with E-state index in [4.69, 9.17) is 42.6 Å². The van der Waals surface area contributed by atoms with Crippen molar-refractivity contribution in [3.8, 4) is 0 Å². The van der Waals surface area contributed by atoms with E-state index in [1.54, 1.807) is 0 Å². The molecule has 310 valence electrons. The molecule has 5 aliphatic heterocycles. The van der Waals surface area contributed by atoms with Gasteiger partial charge in [0.2, 0.25) is 0 Å². The summed E-state index contributed by atoms with van der Waals surface area (Å²) >= 11 is 0. The molecule has 5 rings (SSSR count). The average Bonchev–Trinajstić information content (AvgIpc) is 3.13. The molecule has 23 nitrogen and oxygen atoms in total. The molecule has 0 bridgehead atoms. The molecule has 0 amide bonds. The summed E-state index contributed by atoms with van der Waals surface area (Å²) in [6.45, 7) is 2.39. The maximum atomic E-state index is 11.8. The Morgan fingerprint density at radius 3 is 1.26 bits per heavy atom. The van der Waals surface area contributed by atoms with Crippen molar-refractivity contribution in [2.45, 2.75) is 174 Å². The van der Waals surface area contributed by atoms with Crippen molar-refractivity contribution < 1.29 is 114 Å². The van der Waals surface area contributed by atoms with Crippen LogP contribution >= 0.6 is 0 Å². The summed E-state index contributed by atoms with van der Waals surface area (Å²) in [6, 6.07) is 0. The SMILES string of the molecule is C[C@H]1O[C@@H](O[C@H]2[C@H](O[C@H]3[C@H](O)[C@@H](O[C@@H]4O[C@H](C)[C@@H](O)[C@H](O)[C@H]4O)[C@H](O[C@@H]4[C@@H](O)[C@H](O)O[C@H](CO)[C@H]4O)O[C@@H]3C)O[C@H](CO)[C@@H](O)[C@@H]2O)[C@H](O)[C@@H](O)[C@H]1O. The van der Waals surface area contributed by atoms with Crippen molar-refractivity contribution in [1.29, 1.82) is 0 Å². The van der Waals surface area contributed by atoms with E-state index in [1.807, 2.05) is 0 Å². The smallest absolute Gasteiger partial charge is 0.187 e. The van der Waals surface area contributed by atoms with Crippen molar-refractivity contribution >= 4 is 0 Å². The molecule has 25 atom stereocenters. The maximum absolute atomic E-state index is 11.8. The predicted octanol–water partition coefficient (Wildman–Crippen LogP) is -8.84. The topological polar surface area (TPSA) is 366 Å². The van der Waals surface area contributed by atoms with Gasteiger partial charge in [-0.25, -0.2) is 0 Å². The molecule has 0 unspecified atom stereocenters. The Balaban J connectivity index is 1.43. The molecule has 14 N–H and O–H groups in total. The van der Waals surface area contributed by atoms with Gasteiger partial charge in [-0.15, -0.1) is 0 Å². The molecule has 0 aromatic carbocycles. The van der Waals surface area contributed by atoms with Crippen LogP contribution < -0.4 is 0 Å². The first kappa shape index (κ1) is 43.2.